The van der Waals surface area contributed by atoms with E-state index in [4.69, 9.17) is 0 Å². The molecule has 0 heterocycles. The SMILES string of the molecule is O=C(C=Cc1c2ccccc2c(C=CC(=O)c2ccccc2)c2ccccc12)c1ccccc1. The van der Waals surface area contributed by atoms with Gasteiger partial charge in [-0.25, -0.2) is 0 Å². The van der Waals surface area contributed by atoms with E-state index in [1.165, 1.54) is 0 Å². The number of hydrogen-bond acceptors (Lipinski definition) is 2. The standard InChI is InChI=1S/C32H22O2/c33-31(23-11-3-1-4-12-23)21-19-29-25-15-7-9-17-27(25)30(28-18-10-8-16-26(28)29)20-22-32(34)24-13-5-2-6-14-24/h1-22H. The number of fused-ring (bicyclic) bond motifs is 2. The van der Waals surface area contributed by atoms with Crippen LogP contribution in [0, 0.1) is 0 Å². The molecule has 0 bridgehead atoms. The average molecular weight is 439 g/mol. The van der Waals surface area contributed by atoms with Crippen LogP contribution in [0.15, 0.2) is 121 Å². The molecule has 0 aliphatic carbocycles. The molecule has 0 unspecified atom stereocenters. The number of rotatable bonds is 6. The normalized spacial score (nSPS) is 11.5. The van der Waals surface area contributed by atoms with Crippen LogP contribution in [0.25, 0.3) is 33.7 Å². The molecular weight excluding hydrogens is 416 g/mol. The topological polar surface area (TPSA) is 34.1 Å². The summed E-state index contributed by atoms with van der Waals surface area (Å²) in [5.41, 5.74) is 3.29. The van der Waals surface area contributed by atoms with Crippen LogP contribution in [-0.4, -0.2) is 11.6 Å². The minimum absolute atomic E-state index is 0.0359. The molecule has 2 nitrogen and oxygen atoms in total. The lowest BCUT2D eigenvalue weighted by Gasteiger charge is -2.13. The van der Waals surface area contributed by atoms with Crippen LogP contribution in [0.2, 0.25) is 0 Å². The van der Waals surface area contributed by atoms with E-state index < -0.39 is 0 Å². The van der Waals surface area contributed by atoms with Gasteiger partial charge in [0, 0.05) is 11.1 Å². The predicted octanol–water partition coefficient (Wildman–Crippen LogP) is 7.79. The van der Waals surface area contributed by atoms with E-state index in [1.54, 1.807) is 12.2 Å². The van der Waals surface area contributed by atoms with Crippen molar-refractivity contribution in [3.05, 3.63) is 144 Å². The summed E-state index contributed by atoms with van der Waals surface area (Å²) in [7, 11) is 0. The third-order valence-electron chi connectivity index (χ3n) is 5.93. The summed E-state index contributed by atoms with van der Waals surface area (Å²) in [5, 5.41) is 4.13. The van der Waals surface area contributed by atoms with Crippen LogP contribution in [-0.2, 0) is 0 Å². The number of benzene rings is 5. The Morgan fingerprint density at radius 2 is 0.706 bits per heavy atom. The van der Waals surface area contributed by atoms with Gasteiger partial charge in [0.05, 0.1) is 0 Å². The molecule has 0 saturated carbocycles. The van der Waals surface area contributed by atoms with Crippen LogP contribution in [0.4, 0.5) is 0 Å². The Balaban J connectivity index is 1.64. The smallest absolute Gasteiger partial charge is 0.185 e. The van der Waals surface area contributed by atoms with Gasteiger partial charge in [0.1, 0.15) is 0 Å². The summed E-state index contributed by atoms with van der Waals surface area (Å²) in [6, 6.07) is 34.8. The number of ketones is 2. The molecule has 0 aliphatic heterocycles. The first kappa shape index (κ1) is 21.3. The lowest BCUT2D eigenvalue weighted by atomic mass is 9.90. The fourth-order valence-corrected chi connectivity index (χ4v) is 4.27. The maximum absolute atomic E-state index is 12.7. The fraction of sp³-hybridized carbons (Fsp3) is 0. The van der Waals surface area contributed by atoms with E-state index in [2.05, 4.69) is 24.3 Å². The largest absolute Gasteiger partial charge is 0.289 e. The van der Waals surface area contributed by atoms with Crippen LogP contribution < -0.4 is 0 Å². The Hall–Kier alpha value is -4.56. The maximum atomic E-state index is 12.7. The van der Waals surface area contributed by atoms with Crippen LogP contribution in [0.5, 0.6) is 0 Å². The second-order valence-corrected chi connectivity index (χ2v) is 8.05. The van der Waals surface area contributed by atoms with Crippen molar-refractivity contribution in [2.45, 2.75) is 0 Å². The summed E-state index contributed by atoms with van der Waals surface area (Å²) in [6.45, 7) is 0. The molecule has 162 valence electrons. The van der Waals surface area contributed by atoms with E-state index in [0.717, 1.165) is 32.7 Å². The van der Waals surface area contributed by atoms with Gasteiger partial charge in [-0.05, 0) is 57.0 Å². The second kappa shape index (κ2) is 9.51. The Kier molecular flexibility index (Phi) is 5.96. The van der Waals surface area contributed by atoms with Gasteiger partial charge in [0.2, 0.25) is 0 Å². The van der Waals surface area contributed by atoms with Crippen molar-refractivity contribution in [2.75, 3.05) is 0 Å². The molecular formula is C32H22O2. The number of carbonyl (C=O) groups is 2. The molecule has 0 atom stereocenters. The summed E-state index contributed by atoms with van der Waals surface area (Å²) in [5.74, 6) is -0.0719. The van der Waals surface area contributed by atoms with Crippen molar-refractivity contribution in [1.29, 1.82) is 0 Å². The zero-order chi connectivity index (χ0) is 23.3. The lowest BCUT2D eigenvalue weighted by Crippen LogP contribution is -1.95. The van der Waals surface area contributed by atoms with Crippen LogP contribution >= 0.6 is 0 Å². The van der Waals surface area contributed by atoms with Crippen molar-refractivity contribution in [3.63, 3.8) is 0 Å². The van der Waals surface area contributed by atoms with Crippen LogP contribution in [0.1, 0.15) is 31.8 Å². The Morgan fingerprint density at radius 3 is 1.03 bits per heavy atom. The van der Waals surface area contributed by atoms with Crippen molar-refractivity contribution in [1.82, 2.24) is 0 Å². The van der Waals surface area contributed by atoms with Crippen molar-refractivity contribution in [2.24, 2.45) is 0 Å². The fourth-order valence-electron chi connectivity index (χ4n) is 4.27. The Morgan fingerprint density at radius 1 is 0.412 bits per heavy atom. The molecule has 5 aromatic carbocycles. The van der Waals surface area contributed by atoms with E-state index in [-0.39, 0.29) is 11.6 Å². The highest BCUT2D eigenvalue weighted by atomic mass is 16.1. The minimum atomic E-state index is -0.0359. The molecule has 0 N–H and O–H groups in total. The van der Waals surface area contributed by atoms with Crippen molar-refractivity contribution < 1.29 is 9.59 Å². The minimum Gasteiger partial charge on any atom is -0.289 e. The van der Waals surface area contributed by atoms with E-state index in [1.807, 2.05) is 97.1 Å². The lowest BCUT2D eigenvalue weighted by molar-refractivity contribution is 0.103. The highest BCUT2D eigenvalue weighted by molar-refractivity contribution is 6.16. The molecule has 34 heavy (non-hydrogen) atoms. The first-order chi connectivity index (χ1) is 16.7. The van der Waals surface area contributed by atoms with Gasteiger partial charge in [-0.1, -0.05) is 109 Å². The molecule has 0 fully saturated rings. The number of carbonyl (C=O) groups excluding carboxylic acids is 2. The number of hydrogen-bond donors (Lipinski definition) is 0. The molecule has 0 radical (unpaired) electrons. The third-order valence-corrected chi connectivity index (χ3v) is 5.93. The molecule has 5 rings (SSSR count). The highest BCUT2D eigenvalue weighted by Crippen LogP contribution is 2.34. The van der Waals surface area contributed by atoms with Gasteiger partial charge in [-0.15, -0.1) is 0 Å². The molecule has 0 aromatic heterocycles. The molecule has 5 aromatic rings. The summed E-state index contributed by atoms with van der Waals surface area (Å²) in [6.07, 6.45) is 7.08. The predicted molar refractivity (Wildman–Crippen MR) is 141 cm³/mol. The zero-order valence-electron chi connectivity index (χ0n) is 18.5. The van der Waals surface area contributed by atoms with Gasteiger partial charge in [0.15, 0.2) is 11.6 Å². The molecule has 0 amide bonds. The van der Waals surface area contributed by atoms with Gasteiger partial charge in [-0.2, -0.15) is 0 Å². The molecule has 0 spiro atoms. The highest BCUT2D eigenvalue weighted by Gasteiger charge is 2.12. The first-order valence-corrected chi connectivity index (χ1v) is 11.2. The second-order valence-electron chi connectivity index (χ2n) is 8.05. The summed E-state index contributed by atoms with van der Waals surface area (Å²) >= 11 is 0. The Bertz CT molecular complexity index is 1380. The maximum Gasteiger partial charge on any atom is 0.185 e. The summed E-state index contributed by atoms with van der Waals surface area (Å²) < 4.78 is 0. The van der Waals surface area contributed by atoms with Crippen LogP contribution in [0.3, 0.4) is 0 Å². The third kappa shape index (κ3) is 4.22. The quantitative estimate of drug-likeness (QED) is 0.154. The van der Waals surface area contributed by atoms with E-state index in [9.17, 15) is 9.59 Å². The van der Waals surface area contributed by atoms with E-state index in [0.29, 0.717) is 11.1 Å². The van der Waals surface area contributed by atoms with Gasteiger partial charge in [-0.3, -0.25) is 9.59 Å². The van der Waals surface area contributed by atoms with Crippen molar-refractivity contribution in [3.8, 4) is 0 Å². The zero-order valence-corrected chi connectivity index (χ0v) is 18.5. The molecule has 0 saturated heterocycles. The first-order valence-electron chi connectivity index (χ1n) is 11.2. The van der Waals surface area contributed by atoms with Gasteiger partial charge < -0.3 is 0 Å². The average Bonchev–Trinajstić information content (AvgIpc) is 2.91. The van der Waals surface area contributed by atoms with E-state index >= 15 is 0 Å². The summed E-state index contributed by atoms with van der Waals surface area (Å²) in [4.78, 5) is 25.5. The van der Waals surface area contributed by atoms with Gasteiger partial charge >= 0.3 is 0 Å². The van der Waals surface area contributed by atoms with Crippen molar-refractivity contribution >= 4 is 45.3 Å². The molecule has 0 aliphatic rings. The monoisotopic (exact) mass is 438 g/mol. The Labute approximate surface area is 198 Å². The number of allylic oxidation sites excluding steroid dienone is 2. The molecule has 2 heteroatoms. The van der Waals surface area contributed by atoms with Gasteiger partial charge in [0.25, 0.3) is 0 Å².